The van der Waals surface area contributed by atoms with Crippen LogP contribution >= 0.6 is 0 Å². The highest BCUT2D eigenvalue weighted by molar-refractivity contribution is 5.12. The van der Waals surface area contributed by atoms with Gasteiger partial charge in [-0.15, -0.1) is 5.10 Å². The van der Waals surface area contributed by atoms with Gasteiger partial charge in [0.25, 0.3) is 0 Å². The number of nitrogens with zero attached hydrogens (tertiary/aromatic N) is 3. The van der Waals surface area contributed by atoms with Gasteiger partial charge in [-0.25, -0.2) is 4.68 Å². The molecule has 0 aliphatic heterocycles. The van der Waals surface area contributed by atoms with Crippen molar-refractivity contribution in [3.8, 4) is 0 Å². The summed E-state index contributed by atoms with van der Waals surface area (Å²) in [6.45, 7) is 1.60. The monoisotopic (exact) mass is 206 g/mol. The van der Waals surface area contributed by atoms with E-state index in [2.05, 4.69) is 15.0 Å². The lowest BCUT2D eigenvalue weighted by Gasteiger charge is -2.05. The third-order valence-corrected chi connectivity index (χ3v) is 3.42. The van der Waals surface area contributed by atoms with E-state index < -0.39 is 0 Å². The third kappa shape index (κ3) is 2.04. The lowest BCUT2D eigenvalue weighted by molar-refractivity contribution is 0.517. The molecular formula is C11H18N4. The fourth-order valence-corrected chi connectivity index (χ4v) is 2.04. The molecule has 2 N–H and O–H groups in total. The normalized spacial score (nSPS) is 20.9. The first kappa shape index (κ1) is 9.33. The first-order valence-electron chi connectivity index (χ1n) is 5.98. The van der Waals surface area contributed by atoms with Gasteiger partial charge >= 0.3 is 0 Å². The van der Waals surface area contributed by atoms with E-state index in [-0.39, 0.29) is 0 Å². The molecule has 82 valence electrons. The largest absolute Gasteiger partial charge is 0.325 e. The maximum absolute atomic E-state index is 5.69. The van der Waals surface area contributed by atoms with Gasteiger partial charge in [-0.3, -0.25) is 0 Å². The summed E-state index contributed by atoms with van der Waals surface area (Å²) in [5.74, 6) is 1.74. The van der Waals surface area contributed by atoms with Crippen LogP contribution in [0.3, 0.4) is 0 Å². The van der Waals surface area contributed by atoms with Gasteiger partial charge < -0.3 is 5.73 Å². The SMILES string of the molecule is NCc1nnn(CC2CC2)c1CC1CC1. The Kier molecular flexibility index (Phi) is 2.24. The van der Waals surface area contributed by atoms with Gasteiger partial charge in [-0.05, 0) is 43.9 Å². The molecule has 3 rings (SSSR count). The molecule has 1 aromatic heterocycles. The lowest BCUT2D eigenvalue weighted by Crippen LogP contribution is -2.10. The average Bonchev–Trinajstić information content (AvgIpc) is 3.09. The number of nitrogens with two attached hydrogens (primary N) is 1. The van der Waals surface area contributed by atoms with Gasteiger partial charge in [0, 0.05) is 13.1 Å². The van der Waals surface area contributed by atoms with Crippen molar-refractivity contribution in [2.45, 2.75) is 45.2 Å². The Labute approximate surface area is 89.8 Å². The standard InChI is InChI=1S/C11H18N4/c12-6-10-11(5-8-1-2-8)15(14-13-10)7-9-3-4-9/h8-9H,1-7,12H2. The van der Waals surface area contributed by atoms with E-state index in [0.717, 1.165) is 30.5 Å². The summed E-state index contributed by atoms with van der Waals surface area (Å²) < 4.78 is 2.11. The Hall–Kier alpha value is -0.900. The average molecular weight is 206 g/mol. The molecule has 0 bridgehead atoms. The summed E-state index contributed by atoms with van der Waals surface area (Å²) in [7, 11) is 0. The van der Waals surface area contributed by atoms with Crippen LogP contribution in [0.15, 0.2) is 0 Å². The molecule has 4 nitrogen and oxygen atoms in total. The molecule has 0 spiro atoms. The van der Waals surface area contributed by atoms with E-state index >= 15 is 0 Å². The van der Waals surface area contributed by atoms with Gasteiger partial charge in [0.1, 0.15) is 0 Å². The summed E-state index contributed by atoms with van der Waals surface area (Å²) in [4.78, 5) is 0. The van der Waals surface area contributed by atoms with E-state index in [1.54, 1.807) is 0 Å². The molecule has 15 heavy (non-hydrogen) atoms. The molecule has 2 aliphatic carbocycles. The van der Waals surface area contributed by atoms with Crippen LogP contribution in [0, 0.1) is 11.8 Å². The van der Waals surface area contributed by atoms with Crippen molar-refractivity contribution in [2.24, 2.45) is 17.6 Å². The zero-order chi connectivity index (χ0) is 10.3. The number of rotatable bonds is 5. The molecule has 2 fully saturated rings. The van der Waals surface area contributed by atoms with Crippen LogP contribution in [-0.4, -0.2) is 15.0 Å². The van der Waals surface area contributed by atoms with E-state index in [4.69, 9.17) is 5.73 Å². The molecule has 2 aliphatic rings. The highest BCUT2D eigenvalue weighted by Gasteiger charge is 2.28. The molecule has 0 saturated heterocycles. The second-order valence-electron chi connectivity index (χ2n) is 4.96. The minimum Gasteiger partial charge on any atom is -0.325 e. The van der Waals surface area contributed by atoms with Crippen LogP contribution in [0.1, 0.15) is 37.1 Å². The molecule has 2 saturated carbocycles. The van der Waals surface area contributed by atoms with Crippen molar-refractivity contribution in [1.29, 1.82) is 0 Å². The Morgan fingerprint density at radius 3 is 2.53 bits per heavy atom. The van der Waals surface area contributed by atoms with Crippen LogP contribution in [0.4, 0.5) is 0 Å². The lowest BCUT2D eigenvalue weighted by atomic mass is 10.2. The highest BCUT2D eigenvalue weighted by Crippen LogP contribution is 2.35. The summed E-state index contributed by atoms with van der Waals surface area (Å²) in [6.07, 6.45) is 6.62. The van der Waals surface area contributed by atoms with Crippen LogP contribution in [0.5, 0.6) is 0 Å². The van der Waals surface area contributed by atoms with Crippen molar-refractivity contribution >= 4 is 0 Å². The summed E-state index contributed by atoms with van der Waals surface area (Å²) in [6, 6.07) is 0. The number of hydrogen-bond donors (Lipinski definition) is 1. The Bertz CT molecular complexity index is 349. The summed E-state index contributed by atoms with van der Waals surface area (Å²) in [5.41, 5.74) is 8.02. The minimum atomic E-state index is 0.534. The number of aromatic nitrogens is 3. The van der Waals surface area contributed by atoms with Crippen molar-refractivity contribution in [3.63, 3.8) is 0 Å². The van der Waals surface area contributed by atoms with E-state index in [0.29, 0.717) is 6.54 Å². The Morgan fingerprint density at radius 1 is 1.20 bits per heavy atom. The topological polar surface area (TPSA) is 56.7 Å². The quantitative estimate of drug-likeness (QED) is 0.785. The van der Waals surface area contributed by atoms with Gasteiger partial charge in [-0.2, -0.15) is 0 Å². The summed E-state index contributed by atoms with van der Waals surface area (Å²) in [5, 5.41) is 8.42. The molecule has 0 radical (unpaired) electrons. The Morgan fingerprint density at radius 2 is 1.93 bits per heavy atom. The zero-order valence-electron chi connectivity index (χ0n) is 9.02. The van der Waals surface area contributed by atoms with E-state index in [9.17, 15) is 0 Å². The van der Waals surface area contributed by atoms with Crippen LogP contribution in [-0.2, 0) is 19.5 Å². The number of hydrogen-bond acceptors (Lipinski definition) is 3. The molecule has 0 unspecified atom stereocenters. The predicted molar refractivity (Wildman–Crippen MR) is 57.1 cm³/mol. The molecule has 0 atom stereocenters. The fraction of sp³-hybridized carbons (Fsp3) is 0.818. The van der Waals surface area contributed by atoms with E-state index in [1.807, 2.05) is 0 Å². The van der Waals surface area contributed by atoms with Crippen molar-refractivity contribution in [1.82, 2.24) is 15.0 Å². The molecule has 1 aromatic rings. The smallest absolute Gasteiger partial charge is 0.0994 e. The van der Waals surface area contributed by atoms with Gasteiger partial charge in [0.05, 0.1) is 11.4 Å². The van der Waals surface area contributed by atoms with Crippen LogP contribution in [0.2, 0.25) is 0 Å². The predicted octanol–water partition coefficient (Wildman–Crippen LogP) is 1.10. The summed E-state index contributed by atoms with van der Waals surface area (Å²) >= 11 is 0. The van der Waals surface area contributed by atoms with Crippen molar-refractivity contribution in [2.75, 3.05) is 0 Å². The zero-order valence-corrected chi connectivity index (χ0v) is 9.02. The fourth-order valence-electron chi connectivity index (χ4n) is 2.04. The van der Waals surface area contributed by atoms with E-state index in [1.165, 1.54) is 31.4 Å². The second kappa shape index (κ2) is 3.59. The van der Waals surface area contributed by atoms with Gasteiger partial charge in [-0.1, -0.05) is 5.21 Å². The van der Waals surface area contributed by atoms with Crippen LogP contribution in [0.25, 0.3) is 0 Å². The van der Waals surface area contributed by atoms with Crippen molar-refractivity contribution in [3.05, 3.63) is 11.4 Å². The second-order valence-corrected chi connectivity index (χ2v) is 4.96. The van der Waals surface area contributed by atoms with Crippen molar-refractivity contribution < 1.29 is 0 Å². The molecular weight excluding hydrogens is 188 g/mol. The first-order chi connectivity index (χ1) is 7.36. The highest BCUT2D eigenvalue weighted by atomic mass is 15.4. The third-order valence-electron chi connectivity index (χ3n) is 3.42. The molecule has 0 aromatic carbocycles. The van der Waals surface area contributed by atoms with Crippen LogP contribution < -0.4 is 5.73 Å². The first-order valence-corrected chi connectivity index (χ1v) is 5.98. The van der Waals surface area contributed by atoms with Gasteiger partial charge in [0.15, 0.2) is 0 Å². The molecule has 0 amide bonds. The molecule has 4 heteroatoms. The maximum Gasteiger partial charge on any atom is 0.0994 e. The maximum atomic E-state index is 5.69. The molecule has 1 heterocycles. The minimum absolute atomic E-state index is 0.534. The Balaban J connectivity index is 1.79. The van der Waals surface area contributed by atoms with Gasteiger partial charge in [0.2, 0.25) is 0 Å².